The Morgan fingerprint density at radius 3 is 2.45 bits per heavy atom. The Balaban J connectivity index is 1.13. The van der Waals surface area contributed by atoms with E-state index in [1.165, 1.54) is 18.5 Å². The quantitative estimate of drug-likeness (QED) is 0.490. The average Bonchev–Trinajstić information content (AvgIpc) is 3.61. The summed E-state index contributed by atoms with van der Waals surface area (Å²) in [6.07, 6.45) is 18.7. The molecule has 198 valence electrons. The van der Waals surface area contributed by atoms with E-state index in [4.69, 9.17) is 28.2 Å². The molecule has 5 heterocycles. The Kier molecular flexibility index (Phi) is 7.12. The topological polar surface area (TPSA) is 81.9 Å². The Labute approximate surface area is 231 Å². The van der Waals surface area contributed by atoms with Gasteiger partial charge in [-0.05, 0) is 25.3 Å². The van der Waals surface area contributed by atoms with Crippen molar-refractivity contribution in [1.29, 1.82) is 0 Å². The summed E-state index contributed by atoms with van der Waals surface area (Å²) in [4.78, 5) is 32.8. The van der Waals surface area contributed by atoms with Crippen molar-refractivity contribution in [1.82, 2.24) is 29.2 Å². The van der Waals surface area contributed by atoms with E-state index in [1.807, 2.05) is 15.5 Å². The SMILES string of the molecule is O=C(CNc1c(C2C=CC(N3CCCC3)=CC2)nc2cnccn12)N1CCN(c2c(Cl)cncc2Cl)CC1. The van der Waals surface area contributed by atoms with Crippen LogP contribution in [0.5, 0.6) is 0 Å². The first kappa shape index (κ1) is 25.0. The first-order valence-electron chi connectivity index (χ1n) is 13.1. The number of allylic oxidation sites excluding steroid dienone is 3. The van der Waals surface area contributed by atoms with Gasteiger partial charge >= 0.3 is 0 Å². The van der Waals surface area contributed by atoms with Crippen LogP contribution in [0.1, 0.15) is 30.9 Å². The van der Waals surface area contributed by atoms with Gasteiger partial charge in [-0.25, -0.2) is 4.98 Å². The number of hydrogen-bond acceptors (Lipinski definition) is 7. The molecular weight excluding hydrogens is 523 g/mol. The molecule has 0 aromatic carbocycles. The summed E-state index contributed by atoms with van der Waals surface area (Å²) in [7, 11) is 0. The van der Waals surface area contributed by atoms with Crippen LogP contribution in [0.2, 0.25) is 10.0 Å². The van der Waals surface area contributed by atoms with Gasteiger partial charge in [0.1, 0.15) is 5.82 Å². The maximum atomic E-state index is 13.2. The third-order valence-corrected chi connectivity index (χ3v) is 8.10. The number of rotatable bonds is 6. The predicted octanol–water partition coefficient (Wildman–Crippen LogP) is 4.22. The van der Waals surface area contributed by atoms with Crippen LogP contribution in [-0.4, -0.2) is 80.9 Å². The molecule has 3 aliphatic rings. The molecule has 2 saturated heterocycles. The molecule has 2 fully saturated rings. The number of piperazine rings is 1. The standard InChI is InChI=1S/C27H30Cl2N8O/c28-21-15-31-16-22(29)26(21)36-13-11-35(12-14-36)24(38)18-32-27-25(33-23-17-30-7-10-37(23)27)19-3-5-20(6-4-19)34-8-1-2-9-34/h3,5-7,10,15-17,19,32H,1-2,4,8-9,11-14,18H2. The molecular formula is C27H30Cl2N8O. The number of imidazole rings is 1. The van der Waals surface area contributed by atoms with Crippen molar-refractivity contribution >= 4 is 46.3 Å². The van der Waals surface area contributed by atoms with Crippen LogP contribution in [0.25, 0.3) is 5.65 Å². The Morgan fingerprint density at radius 2 is 1.74 bits per heavy atom. The normalized spacial score (nSPS) is 19.8. The van der Waals surface area contributed by atoms with Crippen molar-refractivity contribution in [2.24, 2.45) is 0 Å². The van der Waals surface area contributed by atoms with Gasteiger partial charge in [-0.15, -0.1) is 0 Å². The highest BCUT2D eigenvalue weighted by atomic mass is 35.5. The number of aromatic nitrogens is 4. The molecule has 1 N–H and O–H groups in total. The minimum atomic E-state index is 0.0435. The van der Waals surface area contributed by atoms with Crippen molar-refractivity contribution in [2.75, 3.05) is 56.0 Å². The summed E-state index contributed by atoms with van der Waals surface area (Å²) in [5.74, 6) is 1.02. The molecule has 0 radical (unpaired) electrons. The van der Waals surface area contributed by atoms with Crippen molar-refractivity contribution in [3.63, 3.8) is 0 Å². The molecule has 1 unspecified atom stereocenters. The van der Waals surface area contributed by atoms with Gasteiger partial charge < -0.3 is 20.0 Å². The molecule has 0 bridgehead atoms. The molecule has 11 heteroatoms. The lowest BCUT2D eigenvalue weighted by molar-refractivity contribution is -0.129. The maximum absolute atomic E-state index is 13.2. The predicted molar refractivity (Wildman–Crippen MR) is 150 cm³/mol. The van der Waals surface area contributed by atoms with Crippen molar-refractivity contribution in [3.8, 4) is 0 Å². The molecule has 1 atom stereocenters. The number of nitrogens with zero attached hydrogens (tertiary/aromatic N) is 7. The summed E-state index contributed by atoms with van der Waals surface area (Å²) in [6, 6.07) is 0. The molecule has 38 heavy (non-hydrogen) atoms. The number of carbonyl (C=O) groups is 1. The van der Waals surface area contributed by atoms with Gasteiger partial charge in [-0.2, -0.15) is 0 Å². The Hall–Kier alpha value is -3.30. The summed E-state index contributed by atoms with van der Waals surface area (Å²) < 4.78 is 1.98. The van der Waals surface area contributed by atoms with Gasteiger partial charge in [-0.3, -0.25) is 19.2 Å². The minimum absolute atomic E-state index is 0.0435. The summed E-state index contributed by atoms with van der Waals surface area (Å²) >= 11 is 12.7. The summed E-state index contributed by atoms with van der Waals surface area (Å²) in [6.45, 7) is 4.94. The Morgan fingerprint density at radius 1 is 0.974 bits per heavy atom. The molecule has 1 aliphatic carbocycles. The van der Waals surface area contributed by atoms with E-state index >= 15 is 0 Å². The van der Waals surface area contributed by atoms with Gasteiger partial charge in [0.15, 0.2) is 5.65 Å². The van der Waals surface area contributed by atoms with Crippen LogP contribution in [-0.2, 0) is 4.79 Å². The van der Waals surface area contributed by atoms with Crippen LogP contribution >= 0.6 is 23.2 Å². The highest BCUT2D eigenvalue weighted by Gasteiger charge is 2.26. The van der Waals surface area contributed by atoms with Gasteiger partial charge in [0.25, 0.3) is 0 Å². The van der Waals surface area contributed by atoms with E-state index in [0.717, 1.165) is 42.4 Å². The van der Waals surface area contributed by atoms with Gasteiger partial charge in [0.05, 0.1) is 34.2 Å². The van der Waals surface area contributed by atoms with Crippen molar-refractivity contribution in [3.05, 3.63) is 70.6 Å². The van der Waals surface area contributed by atoms with E-state index in [9.17, 15) is 4.79 Å². The second kappa shape index (κ2) is 10.8. The highest BCUT2D eigenvalue weighted by molar-refractivity contribution is 6.38. The number of nitrogens with one attached hydrogen (secondary N) is 1. The van der Waals surface area contributed by atoms with Crippen LogP contribution in [0.3, 0.4) is 0 Å². The molecule has 0 saturated carbocycles. The zero-order valence-electron chi connectivity index (χ0n) is 21.1. The highest BCUT2D eigenvalue weighted by Crippen LogP contribution is 2.34. The monoisotopic (exact) mass is 552 g/mol. The van der Waals surface area contributed by atoms with Gasteiger partial charge in [0.2, 0.25) is 5.91 Å². The zero-order chi connectivity index (χ0) is 26.1. The molecule has 2 aliphatic heterocycles. The third-order valence-electron chi connectivity index (χ3n) is 7.54. The van der Waals surface area contributed by atoms with E-state index in [-0.39, 0.29) is 18.4 Å². The van der Waals surface area contributed by atoms with Crippen LogP contribution in [0.15, 0.2) is 54.9 Å². The number of anilines is 2. The first-order valence-corrected chi connectivity index (χ1v) is 13.8. The van der Waals surface area contributed by atoms with Crippen LogP contribution < -0.4 is 10.2 Å². The van der Waals surface area contributed by atoms with E-state index < -0.39 is 0 Å². The Bertz CT molecular complexity index is 1370. The first-order chi connectivity index (χ1) is 18.6. The molecule has 3 aromatic heterocycles. The fourth-order valence-electron chi connectivity index (χ4n) is 5.54. The number of carbonyl (C=O) groups excluding carboxylic acids is 1. The van der Waals surface area contributed by atoms with E-state index in [1.54, 1.807) is 24.8 Å². The van der Waals surface area contributed by atoms with Gasteiger partial charge in [-0.1, -0.05) is 35.4 Å². The van der Waals surface area contributed by atoms with Crippen LogP contribution in [0.4, 0.5) is 11.5 Å². The second-order valence-electron chi connectivity index (χ2n) is 9.85. The molecule has 9 nitrogen and oxygen atoms in total. The number of likely N-dealkylation sites (tertiary alicyclic amines) is 1. The van der Waals surface area contributed by atoms with Crippen molar-refractivity contribution in [2.45, 2.75) is 25.2 Å². The number of amides is 1. The molecule has 6 rings (SSSR count). The lowest BCUT2D eigenvalue weighted by atomic mass is 9.95. The fraction of sp³-hybridized carbons (Fsp3) is 0.407. The smallest absolute Gasteiger partial charge is 0.242 e. The summed E-state index contributed by atoms with van der Waals surface area (Å²) in [5.41, 5.74) is 3.79. The molecule has 3 aromatic rings. The summed E-state index contributed by atoms with van der Waals surface area (Å²) in [5, 5.41) is 4.45. The number of hydrogen-bond donors (Lipinski definition) is 1. The molecule has 1 amide bonds. The van der Waals surface area contributed by atoms with Crippen molar-refractivity contribution < 1.29 is 4.79 Å². The maximum Gasteiger partial charge on any atom is 0.242 e. The number of halogens is 2. The van der Waals surface area contributed by atoms with Gasteiger partial charge in [0, 0.05) is 75.7 Å². The van der Waals surface area contributed by atoms with E-state index in [0.29, 0.717) is 36.2 Å². The number of fused-ring (bicyclic) bond motifs is 1. The largest absolute Gasteiger partial charge is 0.372 e. The second-order valence-corrected chi connectivity index (χ2v) is 10.7. The third kappa shape index (κ3) is 4.92. The van der Waals surface area contributed by atoms with Crippen LogP contribution in [0, 0.1) is 0 Å². The minimum Gasteiger partial charge on any atom is -0.372 e. The average molecular weight is 553 g/mol. The van der Waals surface area contributed by atoms with E-state index in [2.05, 4.69) is 43.3 Å². The fourth-order valence-corrected chi connectivity index (χ4v) is 6.14. The number of pyridine rings is 1. The lowest BCUT2D eigenvalue weighted by Crippen LogP contribution is -2.50. The molecule has 0 spiro atoms. The lowest BCUT2D eigenvalue weighted by Gasteiger charge is -2.36. The zero-order valence-corrected chi connectivity index (χ0v) is 22.6.